The molecule has 0 radical (unpaired) electrons. The lowest BCUT2D eigenvalue weighted by atomic mass is 9.94. The second kappa shape index (κ2) is 6.79. The topological polar surface area (TPSA) is 64.3 Å². The zero-order chi connectivity index (χ0) is 11.0. The monoisotopic (exact) mass is 202 g/mol. The number of hydrogen-bond donors (Lipinski definition) is 2. The Kier molecular flexibility index (Phi) is 6.49. The summed E-state index contributed by atoms with van der Waals surface area (Å²) in [5.74, 6) is -0.281. The fourth-order valence-corrected chi connectivity index (χ4v) is 1.41. The van der Waals surface area contributed by atoms with Gasteiger partial charge in [0.05, 0.1) is 5.54 Å². The number of amides is 1. The first-order chi connectivity index (χ1) is 6.56. The Morgan fingerprint density at radius 2 is 2.14 bits per heavy atom. The van der Waals surface area contributed by atoms with Gasteiger partial charge in [0.2, 0.25) is 5.91 Å². The third-order valence-electron chi connectivity index (χ3n) is 2.39. The van der Waals surface area contributed by atoms with E-state index >= 15 is 0 Å². The van der Waals surface area contributed by atoms with E-state index in [0.29, 0.717) is 0 Å². The lowest BCUT2D eigenvalue weighted by Gasteiger charge is -2.26. The van der Waals surface area contributed by atoms with Crippen molar-refractivity contribution in [1.82, 2.24) is 5.32 Å². The Morgan fingerprint density at radius 3 is 2.57 bits per heavy atom. The molecule has 0 aliphatic rings. The first kappa shape index (κ1) is 13.4. The molecule has 0 aliphatic heterocycles. The summed E-state index contributed by atoms with van der Waals surface area (Å²) in [6, 6.07) is 0. The number of primary amides is 1. The number of carbonyl (C=O) groups is 1. The van der Waals surface area contributed by atoms with Crippen LogP contribution >= 0.6 is 0 Å². The van der Waals surface area contributed by atoms with Crippen LogP contribution in [0.3, 0.4) is 0 Å². The van der Waals surface area contributed by atoms with Gasteiger partial charge in [-0.15, -0.1) is 0 Å². The van der Waals surface area contributed by atoms with E-state index in [1.54, 1.807) is 7.11 Å². The zero-order valence-corrected chi connectivity index (χ0v) is 9.43. The van der Waals surface area contributed by atoms with Crippen molar-refractivity contribution in [3.63, 3.8) is 0 Å². The minimum absolute atomic E-state index is 0.281. The third-order valence-corrected chi connectivity index (χ3v) is 2.39. The second-order valence-electron chi connectivity index (χ2n) is 3.68. The van der Waals surface area contributed by atoms with Gasteiger partial charge in [0.25, 0.3) is 0 Å². The minimum Gasteiger partial charge on any atom is -0.385 e. The number of nitrogens with one attached hydrogen (secondary N) is 1. The number of unbranched alkanes of at least 4 members (excludes halogenated alkanes) is 1. The predicted octanol–water partition coefficient (Wildman–Crippen LogP) is 0.657. The van der Waals surface area contributed by atoms with Gasteiger partial charge in [-0.1, -0.05) is 6.92 Å². The van der Waals surface area contributed by atoms with Gasteiger partial charge >= 0.3 is 0 Å². The van der Waals surface area contributed by atoms with Crippen LogP contribution in [0.2, 0.25) is 0 Å². The number of likely N-dealkylation sites (N-methyl/N-ethyl adjacent to an activating group) is 1. The van der Waals surface area contributed by atoms with Crippen LogP contribution in [0.1, 0.15) is 33.1 Å². The molecule has 1 unspecified atom stereocenters. The van der Waals surface area contributed by atoms with E-state index < -0.39 is 5.54 Å². The molecule has 0 heterocycles. The van der Waals surface area contributed by atoms with Crippen LogP contribution in [0.15, 0.2) is 0 Å². The van der Waals surface area contributed by atoms with Crippen molar-refractivity contribution >= 4 is 5.91 Å². The zero-order valence-electron chi connectivity index (χ0n) is 9.43. The molecule has 0 rings (SSSR count). The van der Waals surface area contributed by atoms with Gasteiger partial charge in [0.15, 0.2) is 0 Å². The maximum atomic E-state index is 11.2. The Balaban J connectivity index is 3.90. The number of ether oxygens (including phenoxy) is 1. The highest BCUT2D eigenvalue weighted by Gasteiger charge is 2.28. The summed E-state index contributed by atoms with van der Waals surface area (Å²) in [5, 5.41) is 3.12. The summed E-state index contributed by atoms with van der Waals surface area (Å²) >= 11 is 0. The molecule has 0 aromatic carbocycles. The molecule has 4 heteroatoms. The lowest BCUT2D eigenvalue weighted by Crippen LogP contribution is -2.52. The SMILES string of the molecule is CCNC(C)(CCCCOC)C(N)=O. The normalized spacial score (nSPS) is 15.1. The molecular formula is C10H22N2O2. The molecule has 0 saturated heterocycles. The van der Waals surface area contributed by atoms with Gasteiger partial charge in [-0.3, -0.25) is 4.79 Å². The van der Waals surface area contributed by atoms with Crippen LogP contribution < -0.4 is 11.1 Å². The Bertz CT molecular complexity index is 174. The number of carbonyl (C=O) groups excluding carboxylic acids is 1. The van der Waals surface area contributed by atoms with E-state index in [1.165, 1.54) is 0 Å². The summed E-state index contributed by atoms with van der Waals surface area (Å²) in [6.45, 7) is 5.31. The third kappa shape index (κ3) is 4.58. The van der Waals surface area contributed by atoms with Gasteiger partial charge in [0, 0.05) is 13.7 Å². The van der Waals surface area contributed by atoms with E-state index in [0.717, 1.165) is 32.4 Å². The molecule has 0 fully saturated rings. The minimum atomic E-state index is -0.567. The van der Waals surface area contributed by atoms with Crippen molar-refractivity contribution in [2.24, 2.45) is 5.73 Å². The first-order valence-electron chi connectivity index (χ1n) is 5.10. The molecule has 14 heavy (non-hydrogen) atoms. The van der Waals surface area contributed by atoms with Crippen molar-refractivity contribution in [2.75, 3.05) is 20.3 Å². The highest BCUT2D eigenvalue weighted by Crippen LogP contribution is 2.13. The molecule has 4 nitrogen and oxygen atoms in total. The lowest BCUT2D eigenvalue weighted by molar-refractivity contribution is -0.124. The van der Waals surface area contributed by atoms with Crippen LogP contribution in [0.4, 0.5) is 0 Å². The molecule has 0 bridgehead atoms. The summed E-state index contributed by atoms with van der Waals surface area (Å²) in [7, 11) is 1.68. The molecule has 0 saturated carbocycles. The van der Waals surface area contributed by atoms with Crippen LogP contribution in [-0.4, -0.2) is 31.7 Å². The molecule has 0 aromatic heterocycles. The van der Waals surface area contributed by atoms with Crippen molar-refractivity contribution in [2.45, 2.75) is 38.6 Å². The Labute approximate surface area is 86.2 Å². The molecule has 1 amide bonds. The van der Waals surface area contributed by atoms with Crippen LogP contribution in [0.25, 0.3) is 0 Å². The molecule has 0 aliphatic carbocycles. The summed E-state index contributed by atoms with van der Waals surface area (Å²) in [5.41, 5.74) is 4.77. The molecule has 84 valence electrons. The van der Waals surface area contributed by atoms with E-state index in [1.807, 2.05) is 13.8 Å². The fourth-order valence-electron chi connectivity index (χ4n) is 1.41. The highest BCUT2D eigenvalue weighted by atomic mass is 16.5. The molecule has 0 aromatic rings. The smallest absolute Gasteiger partial charge is 0.237 e. The van der Waals surface area contributed by atoms with Gasteiger partial charge in [0.1, 0.15) is 0 Å². The van der Waals surface area contributed by atoms with Crippen molar-refractivity contribution < 1.29 is 9.53 Å². The molecule has 0 spiro atoms. The van der Waals surface area contributed by atoms with E-state index in [-0.39, 0.29) is 5.91 Å². The van der Waals surface area contributed by atoms with E-state index in [9.17, 15) is 4.79 Å². The van der Waals surface area contributed by atoms with Crippen molar-refractivity contribution in [1.29, 1.82) is 0 Å². The number of hydrogen-bond acceptors (Lipinski definition) is 3. The Hall–Kier alpha value is -0.610. The van der Waals surface area contributed by atoms with Gasteiger partial charge in [-0.2, -0.15) is 0 Å². The average molecular weight is 202 g/mol. The van der Waals surface area contributed by atoms with Gasteiger partial charge in [-0.05, 0) is 32.7 Å². The molecule has 3 N–H and O–H groups in total. The fraction of sp³-hybridized carbons (Fsp3) is 0.900. The highest BCUT2D eigenvalue weighted by molar-refractivity contribution is 5.84. The average Bonchev–Trinajstić information content (AvgIpc) is 2.13. The van der Waals surface area contributed by atoms with Crippen molar-refractivity contribution in [3.05, 3.63) is 0 Å². The van der Waals surface area contributed by atoms with E-state index in [4.69, 9.17) is 10.5 Å². The molecule has 1 atom stereocenters. The number of methoxy groups -OCH3 is 1. The standard InChI is InChI=1S/C10H22N2O2/c1-4-12-10(2,9(11)13)7-5-6-8-14-3/h12H,4-8H2,1-3H3,(H2,11,13). The quantitative estimate of drug-likeness (QED) is 0.568. The predicted molar refractivity (Wildman–Crippen MR) is 57.0 cm³/mol. The number of rotatable bonds is 8. The summed E-state index contributed by atoms with van der Waals surface area (Å²) in [6.07, 6.45) is 2.67. The largest absolute Gasteiger partial charge is 0.385 e. The maximum Gasteiger partial charge on any atom is 0.237 e. The summed E-state index contributed by atoms with van der Waals surface area (Å²) in [4.78, 5) is 11.2. The maximum absolute atomic E-state index is 11.2. The van der Waals surface area contributed by atoms with Gasteiger partial charge < -0.3 is 15.8 Å². The van der Waals surface area contributed by atoms with Crippen LogP contribution in [0.5, 0.6) is 0 Å². The summed E-state index contributed by atoms with van der Waals surface area (Å²) < 4.78 is 4.94. The van der Waals surface area contributed by atoms with E-state index in [2.05, 4.69) is 5.32 Å². The van der Waals surface area contributed by atoms with Crippen molar-refractivity contribution in [3.8, 4) is 0 Å². The Morgan fingerprint density at radius 1 is 1.50 bits per heavy atom. The van der Waals surface area contributed by atoms with Gasteiger partial charge in [-0.25, -0.2) is 0 Å². The number of nitrogens with two attached hydrogens (primary N) is 1. The van der Waals surface area contributed by atoms with Crippen LogP contribution in [-0.2, 0) is 9.53 Å². The molecular weight excluding hydrogens is 180 g/mol. The van der Waals surface area contributed by atoms with Crippen LogP contribution in [0, 0.1) is 0 Å². The first-order valence-corrected chi connectivity index (χ1v) is 5.10. The second-order valence-corrected chi connectivity index (χ2v) is 3.68.